The molecule has 1 aromatic heterocycles. The summed E-state index contributed by atoms with van der Waals surface area (Å²) in [5, 5.41) is 4.48. The highest BCUT2D eigenvalue weighted by molar-refractivity contribution is 7.80. The Morgan fingerprint density at radius 3 is 3.47 bits per heavy atom. The summed E-state index contributed by atoms with van der Waals surface area (Å²) in [6.45, 7) is 1.56. The van der Waals surface area contributed by atoms with Crippen LogP contribution >= 0.6 is 12.2 Å². The van der Waals surface area contributed by atoms with Crippen molar-refractivity contribution in [3.05, 3.63) is 18.0 Å². The first-order chi connectivity index (χ1) is 7.31. The third-order valence-electron chi connectivity index (χ3n) is 2.62. The molecule has 0 spiro atoms. The zero-order chi connectivity index (χ0) is 10.7. The predicted molar refractivity (Wildman–Crippen MR) is 60.1 cm³/mol. The Morgan fingerprint density at radius 1 is 1.80 bits per heavy atom. The van der Waals surface area contributed by atoms with Crippen LogP contribution in [0.2, 0.25) is 0 Å². The number of thiocarbonyl (C=S) groups is 1. The molecule has 0 saturated heterocycles. The topological polar surface area (TPSA) is 65.1 Å². The molecule has 0 aromatic carbocycles. The molecule has 0 saturated carbocycles. The molecule has 0 bridgehead atoms. The van der Waals surface area contributed by atoms with Gasteiger partial charge in [-0.15, -0.1) is 0 Å². The average molecular weight is 226 g/mol. The standard InChI is InChI=1S/C9H14N4OS/c10-12-9(15)14-6-7-2-1-5-13-8(7)3-4-11-13/h3-4,7H,1-2,5-6,10H2,(H,12,15). The number of ether oxygens (including phenoxy) is 1. The lowest BCUT2D eigenvalue weighted by molar-refractivity contribution is 0.243. The van der Waals surface area contributed by atoms with E-state index in [9.17, 15) is 0 Å². The first kappa shape index (κ1) is 10.4. The third kappa shape index (κ3) is 2.27. The lowest BCUT2D eigenvalue weighted by atomic mass is 9.97. The van der Waals surface area contributed by atoms with Crippen molar-refractivity contribution in [2.75, 3.05) is 6.61 Å². The largest absolute Gasteiger partial charge is 0.469 e. The van der Waals surface area contributed by atoms with Crippen LogP contribution in [0.5, 0.6) is 0 Å². The van der Waals surface area contributed by atoms with E-state index in [0.29, 0.717) is 12.5 Å². The second-order valence-electron chi connectivity index (χ2n) is 3.56. The van der Waals surface area contributed by atoms with Crippen molar-refractivity contribution in [2.24, 2.45) is 5.84 Å². The normalized spacial score (nSPS) is 19.4. The van der Waals surface area contributed by atoms with Gasteiger partial charge in [0.1, 0.15) is 0 Å². The van der Waals surface area contributed by atoms with Crippen LogP contribution in [0.3, 0.4) is 0 Å². The van der Waals surface area contributed by atoms with Crippen molar-refractivity contribution in [3.8, 4) is 0 Å². The van der Waals surface area contributed by atoms with Crippen molar-refractivity contribution in [3.63, 3.8) is 0 Å². The van der Waals surface area contributed by atoms with Gasteiger partial charge in [-0.3, -0.25) is 10.1 Å². The Kier molecular flexibility index (Phi) is 3.17. The summed E-state index contributed by atoms with van der Waals surface area (Å²) in [7, 11) is 0. The number of rotatable bonds is 2. The molecule has 6 heteroatoms. The number of hydrogen-bond acceptors (Lipinski definition) is 4. The molecule has 0 radical (unpaired) electrons. The fraction of sp³-hybridized carbons (Fsp3) is 0.556. The van der Waals surface area contributed by atoms with Gasteiger partial charge in [0, 0.05) is 24.4 Å². The van der Waals surface area contributed by atoms with Crippen LogP contribution in [0.15, 0.2) is 12.3 Å². The lowest BCUT2D eigenvalue weighted by Crippen LogP contribution is -2.32. The number of hydrazine groups is 1. The van der Waals surface area contributed by atoms with E-state index in [1.807, 2.05) is 16.9 Å². The smallest absolute Gasteiger partial charge is 0.271 e. The highest BCUT2D eigenvalue weighted by Crippen LogP contribution is 2.26. The highest BCUT2D eigenvalue weighted by atomic mass is 32.1. The molecule has 0 amide bonds. The second kappa shape index (κ2) is 4.59. The molecule has 1 aliphatic heterocycles. The van der Waals surface area contributed by atoms with Crippen molar-refractivity contribution < 1.29 is 4.74 Å². The first-order valence-corrected chi connectivity index (χ1v) is 5.37. The van der Waals surface area contributed by atoms with Gasteiger partial charge in [0.25, 0.3) is 5.17 Å². The van der Waals surface area contributed by atoms with Crippen molar-refractivity contribution >= 4 is 17.4 Å². The van der Waals surface area contributed by atoms with E-state index < -0.39 is 0 Å². The number of nitrogens with two attached hydrogens (primary N) is 1. The summed E-state index contributed by atoms with van der Waals surface area (Å²) in [6, 6.07) is 2.03. The van der Waals surface area contributed by atoms with Gasteiger partial charge in [0.15, 0.2) is 0 Å². The third-order valence-corrected chi connectivity index (χ3v) is 2.86. The molecule has 2 heterocycles. The molecule has 5 nitrogen and oxygen atoms in total. The Hall–Kier alpha value is -1.14. The van der Waals surface area contributed by atoms with Gasteiger partial charge in [-0.1, -0.05) is 0 Å². The first-order valence-electron chi connectivity index (χ1n) is 4.96. The van der Waals surface area contributed by atoms with Crippen LogP contribution in [0.4, 0.5) is 0 Å². The number of aryl methyl sites for hydroxylation is 1. The van der Waals surface area contributed by atoms with Crippen LogP contribution in [0.25, 0.3) is 0 Å². The fourth-order valence-electron chi connectivity index (χ4n) is 1.90. The van der Waals surface area contributed by atoms with Crippen LogP contribution in [-0.2, 0) is 11.3 Å². The zero-order valence-corrected chi connectivity index (χ0v) is 9.17. The van der Waals surface area contributed by atoms with E-state index in [1.54, 1.807) is 0 Å². The van der Waals surface area contributed by atoms with Gasteiger partial charge < -0.3 is 4.74 Å². The molecule has 0 fully saturated rings. The second-order valence-corrected chi connectivity index (χ2v) is 3.93. The van der Waals surface area contributed by atoms with E-state index in [1.165, 1.54) is 5.69 Å². The highest BCUT2D eigenvalue weighted by Gasteiger charge is 2.21. The molecule has 2 rings (SSSR count). The zero-order valence-electron chi connectivity index (χ0n) is 8.35. The molecular formula is C9H14N4OS. The van der Waals surface area contributed by atoms with Crippen LogP contribution in [0.1, 0.15) is 24.5 Å². The number of hydrogen-bond donors (Lipinski definition) is 2. The summed E-state index contributed by atoms with van der Waals surface area (Å²) in [5.74, 6) is 5.50. The summed E-state index contributed by atoms with van der Waals surface area (Å²) in [5.41, 5.74) is 3.53. The van der Waals surface area contributed by atoms with Gasteiger partial charge in [-0.2, -0.15) is 5.10 Å². The summed E-state index contributed by atoms with van der Waals surface area (Å²) in [4.78, 5) is 0. The van der Waals surface area contributed by atoms with Crippen molar-refractivity contribution in [2.45, 2.75) is 25.3 Å². The summed E-state index contributed by atoms with van der Waals surface area (Å²) in [6.07, 6.45) is 4.07. The van der Waals surface area contributed by atoms with Crippen LogP contribution < -0.4 is 11.3 Å². The van der Waals surface area contributed by atoms with E-state index >= 15 is 0 Å². The molecule has 1 atom stereocenters. The predicted octanol–water partition coefficient (Wildman–Crippen LogP) is 0.525. The summed E-state index contributed by atoms with van der Waals surface area (Å²) < 4.78 is 7.34. The molecule has 1 aromatic rings. The van der Waals surface area contributed by atoms with Crippen molar-refractivity contribution in [1.82, 2.24) is 15.2 Å². The van der Waals surface area contributed by atoms with Crippen LogP contribution in [-0.4, -0.2) is 21.6 Å². The SMILES string of the molecule is NNC(=S)OCC1CCCn2nccc21. The maximum Gasteiger partial charge on any atom is 0.271 e. The molecule has 1 aliphatic rings. The van der Waals surface area contributed by atoms with Crippen LogP contribution in [0, 0.1) is 0 Å². The molecule has 15 heavy (non-hydrogen) atoms. The number of aromatic nitrogens is 2. The quantitative estimate of drug-likeness (QED) is 0.437. The minimum Gasteiger partial charge on any atom is -0.469 e. The van der Waals surface area contributed by atoms with Gasteiger partial charge in [0.05, 0.1) is 6.61 Å². The number of fused-ring (bicyclic) bond motifs is 1. The fourth-order valence-corrected chi connectivity index (χ4v) is 1.97. The molecular weight excluding hydrogens is 212 g/mol. The maximum absolute atomic E-state index is 5.31. The number of nitrogens with one attached hydrogen (secondary N) is 1. The van der Waals surface area contributed by atoms with Gasteiger partial charge in [0.2, 0.25) is 0 Å². The van der Waals surface area contributed by atoms with E-state index in [-0.39, 0.29) is 5.17 Å². The Bertz CT molecular complexity index is 352. The van der Waals surface area contributed by atoms with Crippen molar-refractivity contribution in [1.29, 1.82) is 0 Å². The molecule has 3 N–H and O–H groups in total. The Morgan fingerprint density at radius 2 is 2.67 bits per heavy atom. The monoisotopic (exact) mass is 226 g/mol. The minimum absolute atomic E-state index is 0.242. The molecule has 0 aliphatic carbocycles. The Labute approximate surface area is 93.6 Å². The van der Waals surface area contributed by atoms with Gasteiger partial charge in [-0.05, 0) is 31.1 Å². The average Bonchev–Trinajstić information content (AvgIpc) is 2.74. The Balaban J connectivity index is 1.97. The lowest BCUT2D eigenvalue weighted by Gasteiger charge is -2.23. The number of nitrogens with zero attached hydrogens (tertiary/aromatic N) is 2. The van der Waals surface area contributed by atoms with E-state index in [4.69, 9.17) is 22.8 Å². The van der Waals surface area contributed by atoms with E-state index in [0.717, 1.165) is 19.4 Å². The van der Waals surface area contributed by atoms with E-state index in [2.05, 4.69) is 10.5 Å². The van der Waals surface area contributed by atoms with Gasteiger partial charge in [-0.25, -0.2) is 5.84 Å². The molecule has 1 unspecified atom stereocenters. The molecule has 82 valence electrons. The summed E-state index contributed by atoms with van der Waals surface area (Å²) >= 11 is 4.82. The van der Waals surface area contributed by atoms with Gasteiger partial charge >= 0.3 is 0 Å². The maximum atomic E-state index is 5.31. The minimum atomic E-state index is 0.242.